The van der Waals surface area contributed by atoms with Crippen LogP contribution in [0.4, 0.5) is 5.82 Å². The summed E-state index contributed by atoms with van der Waals surface area (Å²) in [7, 11) is 0. The van der Waals surface area contributed by atoms with Gasteiger partial charge in [0.25, 0.3) is 0 Å². The Morgan fingerprint density at radius 2 is 2.16 bits per heavy atom. The number of carbonyl (C=O) groups excluding carboxylic acids is 1. The van der Waals surface area contributed by atoms with Crippen LogP contribution in [0.15, 0.2) is 30.7 Å². The Morgan fingerprint density at radius 3 is 3.04 bits per heavy atom. The van der Waals surface area contributed by atoms with E-state index in [0.717, 1.165) is 66.4 Å². The fraction of sp³-hybridized carbons (Fsp3) is 0.421. The minimum absolute atomic E-state index is 0.0509. The van der Waals surface area contributed by atoms with Gasteiger partial charge in [-0.3, -0.25) is 4.79 Å². The lowest BCUT2D eigenvalue weighted by Gasteiger charge is -2.33. The number of anilines is 1. The summed E-state index contributed by atoms with van der Waals surface area (Å²) in [5.74, 6) is 1.23. The van der Waals surface area contributed by atoms with E-state index in [4.69, 9.17) is 0 Å². The molecule has 1 saturated carbocycles. The van der Waals surface area contributed by atoms with E-state index in [-0.39, 0.29) is 11.8 Å². The van der Waals surface area contributed by atoms with Crippen molar-refractivity contribution >= 4 is 33.5 Å². The second-order valence-corrected chi connectivity index (χ2v) is 7.16. The maximum absolute atomic E-state index is 12.5. The number of carbonyl (C=O) groups is 1. The second-order valence-electron chi connectivity index (χ2n) is 7.16. The molecule has 6 heteroatoms. The number of pyridine rings is 2. The molecule has 1 amide bonds. The number of hydrogen-bond donors (Lipinski definition) is 2. The van der Waals surface area contributed by atoms with Crippen LogP contribution in [0.1, 0.15) is 25.7 Å². The van der Waals surface area contributed by atoms with E-state index >= 15 is 0 Å². The van der Waals surface area contributed by atoms with E-state index in [1.165, 1.54) is 0 Å². The minimum atomic E-state index is 0.0509. The highest BCUT2D eigenvalue weighted by Gasteiger charge is 2.31. The number of H-pyrrole nitrogens is 1. The lowest BCUT2D eigenvalue weighted by Crippen LogP contribution is -2.44. The number of aromatic nitrogens is 3. The van der Waals surface area contributed by atoms with E-state index in [1.807, 2.05) is 24.7 Å². The van der Waals surface area contributed by atoms with Crippen LogP contribution in [-0.4, -0.2) is 40.0 Å². The van der Waals surface area contributed by atoms with Crippen LogP contribution in [0, 0.1) is 5.92 Å². The number of aromatic amines is 1. The molecule has 3 aromatic heterocycles. The minimum Gasteiger partial charge on any atom is -0.355 e. The van der Waals surface area contributed by atoms with Gasteiger partial charge in [0.2, 0.25) is 5.91 Å². The molecule has 128 valence electrons. The average molecular weight is 335 g/mol. The van der Waals surface area contributed by atoms with E-state index in [2.05, 4.69) is 31.2 Å². The summed E-state index contributed by atoms with van der Waals surface area (Å²) in [6.45, 7) is 1.67. The molecule has 0 radical (unpaired) electrons. The third kappa shape index (κ3) is 2.62. The monoisotopic (exact) mass is 335 g/mol. The Hall–Kier alpha value is -2.63. The number of piperidine rings is 1. The Balaban J connectivity index is 1.51. The van der Waals surface area contributed by atoms with Crippen molar-refractivity contribution in [2.24, 2.45) is 5.92 Å². The zero-order chi connectivity index (χ0) is 16.8. The fourth-order valence-electron chi connectivity index (χ4n) is 3.82. The van der Waals surface area contributed by atoms with Gasteiger partial charge in [-0.05, 0) is 37.8 Å². The van der Waals surface area contributed by atoms with Gasteiger partial charge in [-0.1, -0.05) is 0 Å². The van der Waals surface area contributed by atoms with E-state index in [1.54, 1.807) is 0 Å². The van der Waals surface area contributed by atoms with E-state index in [0.29, 0.717) is 6.04 Å². The molecule has 0 bridgehead atoms. The number of nitrogens with zero attached hydrogens (tertiary/aromatic N) is 3. The van der Waals surface area contributed by atoms with Crippen molar-refractivity contribution in [3.05, 3.63) is 30.7 Å². The summed E-state index contributed by atoms with van der Waals surface area (Å²) in [5.41, 5.74) is 0.877. The molecule has 25 heavy (non-hydrogen) atoms. The predicted octanol–water partition coefficient (Wildman–Crippen LogP) is 2.61. The fourth-order valence-corrected chi connectivity index (χ4v) is 3.82. The first-order valence-electron chi connectivity index (χ1n) is 9.06. The maximum Gasteiger partial charge on any atom is 0.225 e. The zero-order valence-corrected chi connectivity index (χ0v) is 14.0. The molecule has 4 heterocycles. The van der Waals surface area contributed by atoms with Crippen molar-refractivity contribution < 1.29 is 4.79 Å². The average Bonchev–Trinajstić information content (AvgIpc) is 3.33. The molecule has 1 saturated heterocycles. The predicted molar refractivity (Wildman–Crippen MR) is 97.5 cm³/mol. The first kappa shape index (κ1) is 14.7. The van der Waals surface area contributed by atoms with E-state index in [9.17, 15) is 4.79 Å². The summed E-state index contributed by atoms with van der Waals surface area (Å²) in [6, 6.07) is 4.47. The number of hydrogen-bond acceptors (Lipinski definition) is 4. The number of amides is 1. The molecule has 1 atom stereocenters. The lowest BCUT2D eigenvalue weighted by molar-refractivity contribution is -0.125. The van der Waals surface area contributed by atoms with Crippen LogP contribution >= 0.6 is 0 Å². The van der Waals surface area contributed by atoms with Gasteiger partial charge >= 0.3 is 0 Å². The van der Waals surface area contributed by atoms with Crippen molar-refractivity contribution in [2.45, 2.75) is 31.7 Å². The summed E-state index contributed by atoms with van der Waals surface area (Å²) in [4.78, 5) is 27.1. The molecule has 1 aliphatic heterocycles. The van der Waals surface area contributed by atoms with Crippen molar-refractivity contribution in [1.82, 2.24) is 20.3 Å². The van der Waals surface area contributed by atoms with Crippen molar-refractivity contribution in [3.63, 3.8) is 0 Å². The highest BCUT2D eigenvalue weighted by molar-refractivity contribution is 6.10. The third-order valence-corrected chi connectivity index (χ3v) is 5.31. The normalized spacial score (nSPS) is 21.0. The summed E-state index contributed by atoms with van der Waals surface area (Å²) < 4.78 is 0. The van der Waals surface area contributed by atoms with Crippen molar-refractivity contribution in [1.29, 1.82) is 0 Å². The Bertz CT molecular complexity index is 945. The van der Waals surface area contributed by atoms with Gasteiger partial charge in [-0.2, -0.15) is 0 Å². The molecule has 0 spiro atoms. The van der Waals surface area contributed by atoms with Gasteiger partial charge in [-0.25, -0.2) is 9.97 Å². The molecule has 2 aliphatic rings. The van der Waals surface area contributed by atoms with Crippen molar-refractivity contribution in [2.75, 3.05) is 18.0 Å². The maximum atomic E-state index is 12.5. The number of fused-ring (bicyclic) bond motifs is 3. The van der Waals surface area contributed by atoms with Crippen LogP contribution < -0.4 is 10.2 Å². The highest BCUT2D eigenvalue weighted by atomic mass is 16.2. The van der Waals surface area contributed by atoms with Gasteiger partial charge in [0, 0.05) is 53.9 Å². The highest BCUT2D eigenvalue weighted by Crippen LogP contribution is 2.33. The van der Waals surface area contributed by atoms with Crippen molar-refractivity contribution in [3.8, 4) is 0 Å². The smallest absolute Gasteiger partial charge is 0.225 e. The number of rotatable bonds is 3. The first-order valence-corrected chi connectivity index (χ1v) is 9.06. The summed E-state index contributed by atoms with van der Waals surface area (Å²) in [5, 5.41) is 6.45. The summed E-state index contributed by atoms with van der Waals surface area (Å²) in [6.07, 6.45) is 9.88. The summed E-state index contributed by atoms with van der Waals surface area (Å²) >= 11 is 0. The van der Waals surface area contributed by atoms with Crippen LogP contribution in [-0.2, 0) is 4.79 Å². The molecule has 2 N–H and O–H groups in total. The Labute approximate surface area is 145 Å². The molecule has 2 fully saturated rings. The van der Waals surface area contributed by atoms with Gasteiger partial charge in [0.05, 0.1) is 5.92 Å². The lowest BCUT2D eigenvalue weighted by atomic mass is 9.96. The third-order valence-electron chi connectivity index (χ3n) is 5.31. The molecular formula is C19H21N5O. The number of nitrogens with one attached hydrogen (secondary N) is 2. The molecular weight excluding hydrogens is 314 g/mol. The van der Waals surface area contributed by atoms with Gasteiger partial charge in [0.15, 0.2) is 0 Å². The van der Waals surface area contributed by atoms with Gasteiger partial charge in [-0.15, -0.1) is 0 Å². The van der Waals surface area contributed by atoms with E-state index < -0.39 is 0 Å². The molecule has 3 aromatic rings. The molecule has 0 aromatic carbocycles. The quantitative estimate of drug-likeness (QED) is 0.771. The molecule has 6 nitrogen and oxygen atoms in total. The largest absolute Gasteiger partial charge is 0.355 e. The van der Waals surface area contributed by atoms with Crippen LogP contribution in [0.25, 0.3) is 21.8 Å². The zero-order valence-electron chi connectivity index (χ0n) is 14.0. The molecule has 5 rings (SSSR count). The molecule has 1 aliphatic carbocycles. The second kappa shape index (κ2) is 5.72. The standard InChI is InChI=1S/C19H21N5O/c25-19(23-14-3-4-14)13-2-1-9-24(11-13)18-16-12(5-7-21-18)10-22-17-15(16)6-8-20-17/h5-8,10,13-14H,1-4,9,11H2,(H,20,22)(H,23,25). The van der Waals surface area contributed by atoms with Crippen LogP contribution in [0.3, 0.4) is 0 Å². The molecule has 1 unspecified atom stereocenters. The van der Waals surface area contributed by atoms with Gasteiger partial charge < -0.3 is 15.2 Å². The van der Waals surface area contributed by atoms with Gasteiger partial charge in [0.1, 0.15) is 11.5 Å². The first-order chi connectivity index (χ1) is 12.3. The topological polar surface area (TPSA) is 73.9 Å². The van der Waals surface area contributed by atoms with Crippen LogP contribution in [0.5, 0.6) is 0 Å². The Kier molecular flexibility index (Phi) is 3.36. The van der Waals surface area contributed by atoms with Crippen LogP contribution in [0.2, 0.25) is 0 Å². The SMILES string of the molecule is O=C(NC1CC1)C1CCCN(c2nccc3cnc4[nH]ccc4c23)C1. The Morgan fingerprint density at radius 1 is 1.24 bits per heavy atom.